The van der Waals surface area contributed by atoms with Crippen molar-refractivity contribution in [3.05, 3.63) is 11.6 Å². The van der Waals surface area contributed by atoms with Crippen LogP contribution in [0.2, 0.25) is 0 Å². The van der Waals surface area contributed by atoms with Crippen LogP contribution < -0.4 is 0 Å². The predicted octanol–water partition coefficient (Wildman–Crippen LogP) is 2.77. The van der Waals surface area contributed by atoms with Crippen molar-refractivity contribution >= 4 is 0 Å². The number of nitrogens with one attached hydrogen (secondary N) is 1. The van der Waals surface area contributed by atoms with E-state index in [2.05, 4.69) is 47.8 Å². The summed E-state index contributed by atoms with van der Waals surface area (Å²) in [5.74, 6) is 1.97. The number of rotatable bonds is 3. The average molecular weight is 262 g/mol. The van der Waals surface area contributed by atoms with Gasteiger partial charge >= 0.3 is 0 Å². The second kappa shape index (κ2) is 4.30. The third-order valence-corrected chi connectivity index (χ3v) is 4.77. The molecule has 2 heterocycles. The minimum atomic E-state index is 0.489. The van der Waals surface area contributed by atoms with Crippen LogP contribution in [0.25, 0.3) is 0 Å². The lowest BCUT2D eigenvalue weighted by atomic mass is 9.65. The second-order valence-corrected chi connectivity index (χ2v) is 7.67. The van der Waals surface area contributed by atoms with Crippen LogP contribution in [0.4, 0.5) is 0 Å². The largest absolute Gasteiger partial charge is 0.292 e. The van der Waals surface area contributed by atoms with Crippen molar-refractivity contribution in [1.82, 2.24) is 20.1 Å². The number of H-pyrrole nitrogens is 1. The van der Waals surface area contributed by atoms with Crippen LogP contribution in [0.15, 0.2) is 0 Å². The first-order valence-electron chi connectivity index (χ1n) is 7.53. The summed E-state index contributed by atoms with van der Waals surface area (Å²) >= 11 is 0. The SMILES string of the molecule is CCc1n[nH]c(CN2C[C@]3(C)C[C@H]2CC(C)(C)C3)n1. The van der Waals surface area contributed by atoms with Gasteiger partial charge in [0.15, 0.2) is 0 Å². The van der Waals surface area contributed by atoms with E-state index in [-0.39, 0.29) is 0 Å². The molecule has 2 aliphatic rings. The van der Waals surface area contributed by atoms with Crippen molar-refractivity contribution in [1.29, 1.82) is 0 Å². The van der Waals surface area contributed by atoms with E-state index in [4.69, 9.17) is 0 Å². The lowest BCUT2D eigenvalue weighted by Crippen LogP contribution is -2.34. The molecule has 4 nitrogen and oxygen atoms in total. The van der Waals surface area contributed by atoms with E-state index in [1.54, 1.807) is 0 Å². The standard InChI is InChI=1S/C15H26N4/c1-5-12-16-13(18-17-12)8-19-10-15(4)7-11(19)6-14(2,3)9-15/h11H,5-10H2,1-4H3,(H,16,17,18)/t11-,15-/m1/s1. The Bertz CT molecular complexity index is 464. The number of likely N-dealkylation sites (tertiary alicyclic amines) is 1. The zero-order valence-corrected chi connectivity index (χ0v) is 12.7. The smallest absolute Gasteiger partial charge is 0.150 e. The van der Waals surface area contributed by atoms with Crippen LogP contribution >= 0.6 is 0 Å². The molecular formula is C15H26N4. The summed E-state index contributed by atoms with van der Waals surface area (Å²) in [4.78, 5) is 7.18. The number of nitrogens with zero attached hydrogens (tertiary/aromatic N) is 3. The van der Waals surface area contributed by atoms with Crippen LogP contribution in [-0.2, 0) is 13.0 Å². The molecule has 1 aromatic heterocycles. The van der Waals surface area contributed by atoms with Gasteiger partial charge in [0.2, 0.25) is 0 Å². The van der Waals surface area contributed by atoms with Gasteiger partial charge in [0.1, 0.15) is 11.6 Å². The van der Waals surface area contributed by atoms with Gasteiger partial charge < -0.3 is 0 Å². The summed E-state index contributed by atoms with van der Waals surface area (Å²) in [6, 6.07) is 0.726. The van der Waals surface area contributed by atoms with E-state index in [1.165, 1.54) is 25.8 Å². The maximum Gasteiger partial charge on any atom is 0.150 e. The fraction of sp³-hybridized carbons (Fsp3) is 0.867. The van der Waals surface area contributed by atoms with Crippen molar-refractivity contribution in [2.75, 3.05) is 6.54 Å². The van der Waals surface area contributed by atoms with Gasteiger partial charge in [-0.25, -0.2) is 4.98 Å². The fourth-order valence-electron chi connectivity index (χ4n) is 4.52. The van der Waals surface area contributed by atoms with Crippen LogP contribution in [0.5, 0.6) is 0 Å². The number of aryl methyl sites for hydroxylation is 1. The number of aromatic nitrogens is 3. The molecule has 1 aliphatic heterocycles. The summed E-state index contributed by atoms with van der Waals surface area (Å²) < 4.78 is 0. The Hall–Kier alpha value is -0.900. The molecule has 2 fully saturated rings. The summed E-state index contributed by atoms with van der Waals surface area (Å²) in [6.07, 6.45) is 4.93. The van der Waals surface area contributed by atoms with Gasteiger partial charge in [-0.2, -0.15) is 5.10 Å². The van der Waals surface area contributed by atoms with Crippen LogP contribution in [0.1, 0.15) is 58.6 Å². The maximum absolute atomic E-state index is 4.56. The molecule has 0 unspecified atom stereocenters. The second-order valence-electron chi connectivity index (χ2n) is 7.67. The van der Waals surface area contributed by atoms with Gasteiger partial charge in [0.25, 0.3) is 0 Å². The average Bonchev–Trinajstić information content (AvgIpc) is 2.81. The van der Waals surface area contributed by atoms with Crippen molar-refractivity contribution in [3.63, 3.8) is 0 Å². The molecule has 0 amide bonds. The molecule has 0 aromatic carbocycles. The zero-order valence-electron chi connectivity index (χ0n) is 12.7. The monoisotopic (exact) mass is 262 g/mol. The Balaban J connectivity index is 1.73. The summed E-state index contributed by atoms with van der Waals surface area (Å²) in [5.41, 5.74) is 0.989. The van der Waals surface area contributed by atoms with Gasteiger partial charge in [0.05, 0.1) is 6.54 Å². The molecule has 19 heavy (non-hydrogen) atoms. The van der Waals surface area contributed by atoms with Gasteiger partial charge in [-0.3, -0.25) is 10.00 Å². The first kappa shape index (κ1) is 13.1. The Morgan fingerprint density at radius 1 is 1.32 bits per heavy atom. The molecule has 3 rings (SSSR count). The Labute approximate surface area is 116 Å². The molecule has 106 valence electrons. The van der Waals surface area contributed by atoms with Crippen molar-refractivity contribution in [3.8, 4) is 0 Å². The number of aromatic amines is 1. The van der Waals surface area contributed by atoms with Crippen molar-refractivity contribution in [2.45, 2.75) is 66.0 Å². The molecule has 1 N–H and O–H groups in total. The molecule has 4 heteroatoms. The van der Waals surface area contributed by atoms with Gasteiger partial charge in [0, 0.05) is 19.0 Å². The van der Waals surface area contributed by atoms with E-state index < -0.39 is 0 Å². The highest BCUT2D eigenvalue weighted by molar-refractivity contribution is 5.04. The number of hydrogen-bond donors (Lipinski definition) is 1. The number of hydrogen-bond acceptors (Lipinski definition) is 3. The van der Waals surface area contributed by atoms with E-state index in [0.717, 1.165) is 30.7 Å². The van der Waals surface area contributed by atoms with Gasteiger partial charge in [-0.1, -0.05) is 27.7 Å². The first-order valence-corrected chi connectivity index (χ1v) is 7.53. The number of fused-ring (bicyclic) bond motifs is 2. The quantitative estimate of drug-likeness (QED) is 0.911. The Kier molecular flexibility index (Phi) is 2.97. The molecule has 2 atom stereocenters. The highest BCUT2D eigenvalue weighted by atomic mass is 15.3. The minimum Gasteiger partial charge on any atom is -0.292 e. The topological polar surface area (TPSA) is 44.8 Å². The maximum atomic E-state index is 4.56. The normalized spacial score (nSPS) is 33.8. The predicted molar refractivity (Wildman–Crippen MR) is 75.7 cm³/mol. The van der Waals surface area contributed by atoms with Crippen molar-refractivity contribution in [2.24, 2.45) is 10.8 Å². The van der Waals surface area contributed by atoms with E-state index in [9.17, 15) is 0 Å². The molecule has 1 saturated heterocycles. The third kappa shape index (κ3) is 2.55. The minimum absolute atomic E-state index is 0.489. The highest BCUT2D eigenvalue weighted by Crippen LogP contribution is 2.52. The first-order chi connectivity index (χ1) is 8.89. The van der Waals surface area contributed by atoms with Crippen molar-refractivity contribution < 1.29 is 0 Å². The van der Waals surface area contributed by atoms with Gasteiger partial charge in [-0.05, 0) is 30.1 Å². The third-order valence-electron chi connectivity index (χ3n) is 4.77. The zero-order chi connectivity index (χ0) is 13.7. The molecule has 0 radical (unpaired) electrons. The highest BCUT2D eigenvalue weighted by Gasteiger charge is 2.49. The van der Waals surface area contributed by atoms with Gasteiger partial charge in [-0.15, -0.1) is 0 Å². The lowest BCUT2D eigenvalue weighted by Gasteiger charge is -2.39. The molecule has 2 bridgehead atoms. The summed E-state index contributed by atoms with van der Waals surface area (Å²) in [5, 5.41) is 7.34. The van der Waals surface area contributed by atoms with Crippen LogP contribution in [0, 0.1) is 10.8 Å². The Morgan fingerprint density at radius 2 is 2.11 bits per heavy atom. The molecular weight excluding hydrogens is 236 g/mol. The summed E-state index contributed by atoms with van der Waals surface area (Å²) in [7, 11) is 0. The van der Waals surface area contributed by atoms with E-state index >= 15 is 0 Å². The molecule has 0 spiro atoms. The lowest BCUT2D eigenvalue weighted by molar-refractivity contribution is 0.126. The summed E-state index contributed by atoms with van der Waals surface area (Å²) in [6.45, 7) is 11.5. The van der Waals surface area contributed by atoms with E-state index in [0.29, 0.717) is 10.8 Å². The molecule has 1 saturated carbocycles. The van der Waals surface area contributed by atoms with E-state index in [1.807, 2.05) is 0 Å². The Morgan fingerprint density at radius 3 is 2.79 bits per heavy atom. The van der Waals surface area contributed by atoms with Crippen LogP contribution in [0.3, 0.4) is 0 Å². The molecule has 1 aliphatic carbocycles. The van der Waals surface area contributed by atoms with Crippen LogP contribution in [-0.4, -0.2) is 32.7 Å². The fourth-order valence-corrected chi connectivity index (χ4v) is 4.52. The molecule has 1 aromatic rings.